The topological polar surface area (TPSA) is 64.4 Å². The van der Waals surface area contributed by atoms with E-state index in [0.717, 1.165) is 37.0 Å². The van der Waals surface area contributed by atoms with Crippen molar-refractivity contribution in [3.8, 4) is 5.75 Å². The Bertz CT molecular complexity index is 515. The van der Waals surface area contributed by atoms with E-state index in [9.17, 15) is 4.79 Å². The lowest BCUT2D eigenvalue weighted by Gasteiger charge is -2.40. The Morgan fingerprint density at radius 1 is 1.32 bits per heavy atom. The maximum Gasteiger partial charge on any atom is 0.220 e. The van der Waals surface area contributed by atoms with Crippen molar-refractivity contribution in [1.82, 2.24) is 5.32 Å². The number of fused-ring (bicyclic) bond motifs is 1. The van der Waals surface area contributed by atoms with Crippen LogP contribution in [0.4, 0.5) is 0 Å². The maximum absolute atomic E-state index is 12.1. The number of para-hydroxylation sites is 1. The van der Waals surface area contributed by atoms with Crippen molar-refractivity contribution < 1.29 is 9.53 Å². The van der Waals surface area contributed by atoms with Crippen molar-refractivity contribution in [3.63, 3.8) is 0 Å². The van der Waals surface area contributed by atoms with Gasteiger partial charge in [0, 0.05) is 18.4 Å². The summed E-state index contributed by atoms with van der Waals surface area (Å²) in [5, 5.41) is 3.19. The molecular weight excluding hydrogens is 300 g/mol. The minimum atomic E-state index is -0.0693. The zero-order valence-electron chi connectivity index (χ0n) is 12.8. The minimum absolute atomic E-state index is 0. The number of benzene rings is 1. The largest absolute Gasteiger partial charge is 0.487 e. The predicted molar refractivity (Wildman–Crippen MR) is 89.3 cm³/mol. The zero-order valence-corrected chi connectivity index (χ0v) is 13.7. The summed E-state index contributed by atoms with van der Waals surface area (Å²) in [5.41, 5.74) is 6.52. The van der Waals surface area contributed by atoms with Gasteiger partial charge in [0.05, 0.1) is 6.04 Å². The maximum atomic E-state index is 12.1. The number of carbonyl (C=O) groups is 1. The van der Waals surface area contributed by atoms with Gasteiger partial charge in [-0.3, -0.25) is 4.79 Å². The van der Waals surface area contributed by atoms with Crippen LogP contribution in [0.25, 0.3) is 0 Å². The number of hydrogen-bond donors (Lipinski definition) is 2. The van der Waals surface area contributed by atoms with Crippen molar-refractivity contribution in [2.24, 2.45) is 5.73 Å². The van der Waals surface area contributed by atoms with Crippen LogP contribution in [0, 0.1) is 0 Å². The van der Waals surface area contributed by atoms with Gasteiger partial charge in [-0.05, 0) is 44.7 Å². The molecule has 1 aliphatic carbocycles. The van der Waals surface area contributed by atoms with Crippen LogP contribution in [0.5, 0.6) is 5.75 Å². The number of ether oxygens (including phenoxy) is 1. The molecular formula is C17H25ClN2O2. The Kier molecular flexibility index (Phi) is 5.70. The van der Waals surface area contributed by atoms with E-state index in [-0.39, 0.29) is 30.0 Å². The van der Waals surface area contributed by atoms with Crippen molar-refractivity contribution in [2.75, 3.05) is 6.54 Å². The number of nitrogens with two attached hydrogens (primary N) is 1. The summed E-state index contributed by atoms with van der Waals surface area (Å²) in [6, 6.07) is 8.16. The van der Waals surface area contributed by atoms with Crippen LogP contribution in [0.1, 0.15) is 56.6 Å². The molecule has 1 amide bonds. The third kappa shape index (κ3) is 3.55. The van der Waals surface area contributed by atoms with Crippen LogP contribution >= 0.6 is 12.4 Å². The number of carbonyl (C=O) groups excluding carboxylic acids is 1. The van der Waals surface area contributed by atoms with Crippen molar-refractivity contribution >= 4 is 18.3 Å². The molecule has 1 saturated carbocycles. The average molecular weight is 325 g/mol. The number of amides is 1. The lowest BCUT2D eigenvalue weighted by atomic mass is 9.86. The molecule has 0 radical (unpaired) electrons. The molecule has 2 aliphatic rings. The molecule has 22 heavy (non-hydrogen) atoms. The lowest BCUT2D eigenvalue weighted by Crippen LogP contribution is -2.43. The molecule has 1 aromatic rings. The Morgan fingerprint density at radius 3 is 2.77 bits per heavy atom. The number of halogens is 1. The van der Waals surface area contributed by atoms with Crippen LogP contribution < -0.4 is 15.8 Å². The standard InChI is InChI=1S/C17H24N2O2.ClH/c18-11-5-8-16(20)19-14-12-17(9-3-4-10-17)21-15-7-2-1-6-13(14)15;/h1-2,6-7,14H,3-5,8-12,18H2,(H,19,20);1H. The van der Waals surface area contributed by atoms with E-state index < -0.39 is 0 Å². The highest BCUT2D eigenvalue weighted by Gasteiger charge is 2.43. The first kappa shape index (κ1) is 17.1. The number of rotatable bonds is 4. The summed E-state index contributed by atoms with van der Waals surface area (Å²) in [5.74, 6) is 1.03. The SMILES string of the molecule is Cl.NCCCC(=O)NC1CC2(CCCC2)Oc2ccccc21. The number of hydrogen-bond acceptors (Lipinski definition) is 3. The van der Waals surface area contributed by atoms with Gasteiger partial charge in [-0.25, -0.2) is 0 Å². The van der Waals surface area contributed by atoms with Crippen LogP contribution in [-0.2, 0) is 4.79 Å². The lowest BCUT2D eigenvalue weighted by molar-refractivity contribution is -0.122. The molecule has 1 heterocycles. The Hall–Kier alpha value is -1.26. The second-order valence-electron chi connectivity index (χ2n) is 6.25. The molecule has 1 fully saturated rings. The molecule has 0 aromatic heterocycles. The zero-order chi connectivity index (χ0) is 14.7. The van der Waals surface area contributed by atoms with Gasteiger partial charge in [0.25, 0.3) is 0 Å². The molecule has 0 saturated heterocycles. The van der Waals surface area contributed by atoms with Gasteiger partial charge in [0.1, 0.15) is 11.4 Å². The van der Waals surface area contributed by atoms with Crippen LogP contribution in [0.3, 0.4) is 0 Å². The molecule has 1 aromatic carbocycles. The second kappa shape index (κ2) is 7.34. The van der Waals surface area contributed by atoms with E-state index in [2.05, 4.69) is 11.4 Å². The molecule has 1 aliphatic heterocycles. The predicted octanol–water partition coefficient (Wildman–Crippen LogP) is 3.10. The highest BCUT2D eigenvalue weighted by Crippen LogP contribution is 2.46. The summed E-state index contributed by atoms with van der Waals surface area (Å²) in [7, 11) is 0. The Morgan fingerprint density at radius 2 is 2.05 bits per heavy atom. The van der Waals surface area contributed by atoms with Gasteiger partial charge in [0.2, 0.25) is 5.91 Å². The van der Waals surface area contributed by atoms with E-state index in [0.29, 0.717) is 13.0 Å². The summed E-state index contributed by atoms with van der Waals surface area (Å²) in [4.78, 5) is 12.1. The molecule has 0 bridgehead atoms. The fraction of sp³-hybridized carbons (Fsp3) is 0.588. The molecule has 4 nitrogen and oxygen atoms in total. The summed E-state index contributed by atoms with van der Waals surface area (Å²) < 4.78 is 6.30. The fourth-order valence-electron chi connectivity index (χ4n) is 3.60. The van der Waals surface area contributed by atoms with Gasteiger partial charge < -0.3 is 15.8 Å². The first-order valence-electron chi connectivity index (χ1n) is 8.00. The highest BCUT2D eigenvalue weighted by molar-refractivity contribution is 5.85. The molecule has 3 rings (SSSR count). The third-order valence-electron chi connectivity index (χ3n) is 4.65. The van der Waals surface area contributed by atoms with Gasteiger partial charge in [-0.15, -0.1) is 12.4 Å². The molecule has 1 atom stereocenters. The summed E-state index contributed by atoms with van der Waals surface area (Å²) >= 11 is 0. The second-order valence-corrected chi connectivity index (χ2v) is 6.25. The van der Waals surface area contributed by atoms with Gasteiger partial charge in [-0.1, -0.05) is 18.2 Å². The normalized spacial score (nSPS) is 21.6. The van der Waals surface area contributed by atoms with Gasteiger partial charge >= 0.3 is 0 Å². The van der Waals surface area contributed by atoms with E-state index in [1.807, 2.05) is 18.2 Å². The van der Waals surface area contributed by atoms with E-state index in [1.165, 1.54) is 12.8 Å². The van der Waals surface area contributed by atoms with E-state index in [4.69, 9.17) is 10.5 Å². The fourth-order valence-corrected chi connectivity index (χ4v) is 3.60. The first-order valence-corrected chi connectivity index (χ1v) is 8.00. The average Bonchev–Trinajstić information content (AvgIpc) is 2.92. The van der Waals surface area contributed by atoms with Crippen LogP contribution in [0.2, 0.25) is 0 Å². The molecule has 1 spiro atoms. The first-order chi connectivity index (χ1) is 10.2. The highest BCUT2D eigenvalue weighted by atomic mass is 35.5. The van der Waals surface area contributed by atoms with E-state index in [1.54, 1.807) is 0 Å². The van der Waals surface area contributed by atoms with E-state index >= 15 is 0 Å². The van der Waals surface area contributed by atoms with Gasteiger partial charge in [0.15, 0.2) is 0 Å². The Balaban J connectivity index is 0.00000176. The number of nitrogens with one attached hydrogen (secondary N) is 1. The molecule has 122 valence electrons. The Labute approximate surface area is 138 Å². The molecule has 3 N–H and O–H groups in total. The molecule has 1 unspecified atom stereocenters. The summed E-state index contributed by atoms with van der Waals surface area (Å²) in [6.07, 6.45) is 6.75. The quantitative estimate of drug-likeness (QED) is 0.894. The monoisotopic (exact) mass is 324 g/mol. The van der Waals surface area contributed by atoms with Crippen molar-refractivity contribution in [1.29, 1.82) is 0 Å². The summed E-state index contributed by atoms with van der Waals surface area (Å²) in [6.45, 7) is 0.557. The minimum Gasteiger partial charge on any atom is -0.487 e. The molecule has 5 heteroatoms. The van der Waals surface area contributed by atoms with Crippen molar-refractivity contribution in [2.45, 2.75) is 56.6 Å². The third-order valence-corrected chi connectivity index (χ3v) is 4.65. The van der Waals surface area contributed by atoms with Crippen LogP contribution in [-0.4, -0.2) is 18.1 Å². The van der Waals surface area contributed by atoms with Crippen LogP contribution in [0.15, 0.2) is 24.3 Å². The van der Waals surface area contributed by atoms with Crippen molar-refractivity contribution in [3.05, 3.63) is 29.8 Å². The smallest absolute Gasteiger partial charge is 0.220 e. The van der Waals surface area contributed by atoms with Gasteiger partial charge in [-0.2, -0.15) is 0 Å².